The fraction of sp³-hybridized carbons (Fsp3) is 0.600. The van der Waals surface area contributed by atoms with E-state index in [1.54, 1.807) is 0 Å². The normalized spacial score (nSPS) is 20.1. The van der Waals surface area contributed by atoms with Crippen molar-refractivity contribution in [3.05, 3.63) is 29.8 Å². The van der Waals surface area contributed by atoms with Gasteiger partial charge in [-0.05, 0) is 37.9 Å². The lowest BCUT2D eigenvalue weighted by Gasteiger charge is -2.32. The zero-order valence-electron chi connectivity index (χ0n) is 11.5. The van der Waals surface area contributed by atoms with Gasteiger partial charge in [0.25, 0.3) is 0 Å². The first-order valence-electron chi connectivity index (χ1n) is 6.97. The van der Waals surface area contributed by atoms with Crippen LogP contribution < -0.4 is 10.1 Å². The van der Waals surface area contributed by atoms with Crippen molar-refractivity contribution in [1.29, 1.82) is 0 Å². The quantitative estimate of drug-likeness (QED) is 0.887. The summed E-state index contributed by atoms with van der Waals surface area (Å²) in [6.07, 6.45) is -3.25. The van der Waals surface area contributed by atoms with E-state index in [0.717, 1.165) is 17.7 Å². The van der Waals surface area contributed by atoms with Gasteiger partial charge in [0.05, 0.1) is 6.61 Å². The highest BCUT2D eigenvalue weighted by Crippen LogP contribution is 2.37. The van der Waals surface area contributed by atoms with Crippen LogP contribution in [0.25, 0.3) is 0 Å². The number of nitrogens with one attached hydrogen (secondary N) is 1. The number of hydrogen-bond acceptors (Lipinski definition) is 2. The Morgan fingerprint density at radius 2 is 2.10 bits per heavy atom. The average Bonchev–Trinajstić information content (AvgIpc) is 2.42. The van der Waals surface area contributed by atoms with Crippen LogP contribution in [0.15, 0.2) is 24.3 Å². The number of ether oxygens (including phenoxy) is 1. The molecule has 1 aliphatic rings. The maximum atomic E-state index is 12.3. The monoisotopic (exact) mass is 287 g/mol. The van der Waals surface area contributed by atoms with Crippen molar-refractivity contribution in [3.8, 4) is 5.75 Å². The molecule has 0 bridgehead atoms. The molecule has 20 heavy (non-hydrogen) atoms. The first kappa shape index (κ1) is 15.2. The van der Waals surface area contributed by atoms with Crippen LogP contribution in [0.3, 0.4) is 0 Å². The van der Waals surface area contributed by atoms with Gasteiger partial charge in [0.15, 0.2) is 0 Å². The van der Waals surface area contributed by atoms with Crippen molar-refractivity contribution in [3.63, 3.8) is 0 Å². The lowest BCUT2D eigenvalue weighted by molar-refractivity contribution is -0.135. The van der Waals surface area contributed by atoms with Crippen LogP contribution in [0.1, 0.15) is 37.2 Å². The Kier molecular flexibility index (Phi) is 4.91. The van der Waals surface area contributed by atoms with Gasteiger partial charge in [-0.15, -0.1) is 0 Å². The van der Waals surface area contributed by atoms with Crippen LogP contribution in [0.5, 0.6) is 5.75 Å². The van der Waals surface area contributed by atoms with E-state index in [-0.39, 0.29) is 18.4 Å². The Labute approximate surface area is 117 Å². The van der Waals surface area contributed by atoms with Crippen LogP contribution in [-0.2, 0) is 0 Å². The molecular weight excluding hydrogens is 267 g/mol. The summed E-state index contributed by atoms with van der Waals surface area (Å²) in [4.78, 5) is 0. The van der Waals surface area contributed by atoms with Crippen molar-refractivity contribution >= 4 is 0 Å². The number of rotatable bonds is 5. The maximum Gasteiger partial charge on any atom is 0.389 e. The summed E-state index contributed by atoms with van der Waals surface area (Å²) in [6.45, 7) is 0.624. The second kappa shape index (κ2) is 6.48. The number of benzene rings is 1. The SMILES string of the molecule is CNC(CCCC(F)(F)F)C1CCOc2ccccc21. The van der Waals surface area contributed by atoms with Gasteiger partial charge in [0.1, 0.15) is 5.75 Å². The molecule has 0 spiro atoms. The predicted molar refractivity (Wildman–Crippen MR) is 72.0 cm³/mol. The molecule has 0 fully saturated rings. The third-order valence-corrected chi connectivity index (χ3v) is 3.84. The van der Waals surface area contributed by atoms with Gasteiger partial charge >= 0.3 is 6.18 Å². The van der Waals surface area contributed by atoms with Crippen LogP contribution in [-0.4, -0.2) is 25.9 Å². The summed E-state index contributed by atoms with van der Waals surface area (Å²) in [6, 6.07) is 7.85. The summed E-state index contributed by atoms with van der Waals surface area (Å²) in [5.41, 5.74) is 1.10. The molecule has 0 aliphatic carbocycles. The maximum absolute atomic E-state index is 12.3. The number of likely N-dealkylation sites (N-methyl/N-ethyl adjacent to an activating group) is 1. The van der Waals surface area contributed by atoms with Crippen molar-refractivity contribution in [2.24, 2.45) is 0 Å². The van der Waals surface area contributed by atoms with Gasteiger partial charge in [0.2, 0.25) is 0 Å². The summed E-state index contributed by atoms with van der Waals surface area (Å²) < 4.78 is 42.4. The fourth-order valence-electron chi connectivity index (χ4n) is 2.86. The fourth-order valence-corrected chi connectivity index (χ4v) is 2.86. The number of alkyl halides is 3. The summed E-state index contributed by atoms with van der Waals surface area (Å²) >= 11 is 0. The molecule has 1 N–H and O–H groups in total. The number of halogens is 3. The molecule has 2 atom stereocenters. The van der Waals surface area contributed by atoms with Crippen LogP contribution in [0.4, 0.5) is 13.2 Å². The minimum Gasteiger partial charge on any atom is -0.493 e. The van der Waals surface area contributed by atoms with E-state index in [1.165, 1.54) is 0 Å². The first-order valence-corrected chi connectivity index (χ1v) is 6.97. The Bertz CT molecular complexity index is 433. The number of fused-ring (bicyclic) bond motifs is 1. The molecule has 1 aromatic carbocycles. The van der Waals surface area contributed by atoms with E-state index in [1.807, 2.05) is 31.3 Å². The Morgan fingerprint density at radius 1 is 1.35 bits per heavy atom. The highest BCUT2D eigenvalue weighted by atomic mass is 19.4. The summed E-state index contributed by atoms with van der Waals surface area (Å²) in [7, 11) is 1.82. The highest BCUT2D eigenvalue weighted by Gasteiger charge is 2.30. The Balaban J connectivity index is 2.01. The van der Waals surface area contributed by atoms with Crippen molar-refractivity contribution < 1.29 is 17.9 Å². The predicted octanol–water partition coefficient (Wildman–Crippen LogP) is 3.87. The molecule has 2 rings (SSSR count). The van der Waals surface area contributed by atoms with Gasteiger partial charge in [-0.25, -0.2) is 0 Å². The lowest BCUT2D eigenvalue weighted by atomic mass is 9.84. The summed E-state index contributed by atoms with van der Waals surface area (Å²) in [5.74, 6) is 1.08. The van der Waals surface area contributed by atoms with Crippen LogP contribution in [0, 0.1) is 0 Å². The lowest BCUT2D eigenvalue weighted by Crippen LogP contribution is -2.35. The first-order chi connectivity index (χ1) is 9.51. The van der Waals surface area contributed by atoms with E-state index in [2.05, 4.69) is 5.32 Å². The van der Waals surface area contributed by atoms with Gasteiger partial charge < -0.3 is 10.1 Å². The van der Waals surface area contributed by atoms with E-state index in [0.29, 0.717) is 13.0 Å². The van der Waals surface area contributed by atoms with Gasteiger partial charge in [-0.2, -0.15) is 13.2 Å². The van der Waals surface area contributed by atoms with E-state index in [9.17, 15) is 13.2 Å². The minimum absolute atomic E-state index is 0.0578. The molecule has 112 valence electrons. The van der Waals surface area contributed by atoms with Crippen LogP contribution >= 0.6 is 0 Å². The molecule has 1 aliphatic heterocycles. The molecule has 0 amide bonds. The number of hydrogen-bond donors (Lipinski definition) is 1. The third-order valence-electron chi connectivity index (χ3n) is 3.84. The molecule has 2 unspecified atom stereocenters. The minimum atomic E-state index is -4.06. The third kappa shape index (κ3) is 3.88. The van der Waals surface area contributed by atoms with E-state index in [4.69, 9.17) is 4.74 Å². The largest absolute Gasteiger partial charge is 0.493 e. The molecule has 0 saturated heterocycles. The Hall–Kier alpha value is -1.23. The van der Waals surface area contributed by atoms with Crippen molar-refractivity contribution in [1.82, 2.24) is 5.32 Å². The highest BCUT2D eigenvalue weighted by molar-refractivity contribution is 5.38. The van der Waals surface area contributed by atoms with Crippen molar-refractivity contribution in [2.75, 3.05) is 13.7 Å². The standard InChI is InChI=1S/C15H20F3NO/c1-19-13(6-4-9-15(16,17)18)11-8-10-20-14-7-3-2-5-12(11)14/h2-3,5,7,11,13,19H,4,6,8-10H2,1H3. The zero-order chi connectivity index (χ0) is 14.6. The molecule has 2 nitrogen and oxygen atoms in total. The van der Waals surface area contributed by atoms with Crippen molar-refractivity contribution in [2.45, 2.75) is 43.8 Å². The molecule has 0 radical (unpaired) electrons. The van der Waals surface area contributed by atoms with E-state index < -0.39 is 12.6 Å². The molecular formula is C15H20F3NO. The topological polar surface area (TPSA) is 21.3 Å². The van der Waals surface area contributed by atoms with Crippen LogP contribution in [0.2, 0.25) is 0 Å². The molecule has 0 aromatic heterocycles. The summed E-state index contributed by atoms with van der Waals surface area (Å²) in [5, 5.41) is 3.18. The van der Waals surface area contributed by atoms with Gasteiger partial charge in [0, 0.05) is 18.4 Å². The van der Waals surface area contributed by atoms with Gasteiger partial charge in [-0.3, -0.25) is 0 Å². The smallest absolute Gasteiger partial charge is 0.389 e. The second-order valence-corrected chi connectivity index (χ2v) is 5.18. The zero-order valence-corrected chi connectivity index (χ0v) is 11.5. The molecule has 0 saturated carbocycles. The molecule has 1 aromatic rings. The average molecular weight is 287 g/mol. The molecule has 1 heterocycles. The number of para-hydroxylation sites is 1. The Morgan fingerprint density at radius 3 is 2.80 bits per heavy atom. The van der Waals surface area contributed by atoms with E-state index >= 15 is 0 Å². The molecule has 5 heteroatoms. The second-order valence-electron chi connectivity index (χ2n) is 5.18. The van der Waals surface area contributed by atoms with Gasteiger partial charge in [-0.1, -0.05) is 18.2 Å².